The van der Waals surface area contributed by atoms with Crippen molar-refractivity contribution in [3.63, 3.8) is 0 Å². The molecule has 0 aliphatic rings. The van der Waals surface area contributed by atoms with Crippen molar-refractivity contribution >= 4 is 11.3 Å². The lowest BCUT2D eigenvalue weighted by atomic mass is 10.2. The highest BCUT2D eigenvalue weighted by Gasteiger charge is 2.06. The van der Waals surface area contributed by atoms with Gasteiger partial charge in [0.2, 0.25) is 0 Å². The first-order valence-corrected chi connectivity index (χ1v) is 6.47. The molecule has 0 atom stereocenters. The van der Waals surface area contributed by atoms with Gasteiger partial charge in [-0.2, -0.15) is 11.3 Å². The molecule has 90 valence electrons. The van der Waals surface area contributed by atoms with Crippen LogP contribution in [-0.2, 0) is 6.54 Å². The number of nitrogens with zero attached hydrogens (tertiary/aromatic N) is 3. The molecule has 0 saturated carbocycles. The summed E-state index contributed by atoms with van der Waals surface area (Å²) >= 11 is 1.63. The van der Waals surface area contributed by atoms with Gasteiger partial charge in [-0.1, -0.05) is 23.4 Å². The lowest BCUT2D eigenvalue weighted by molar-refractivity contribution is 0.463. The average Bonchev–Trinajstić information content (AvgIpc) is 3.02. The smallest absolute Gasteiger partial charge is 0.120 e. The number of para-hydroxylation sites is 1. The molecule has 0 spiro atoms. The number of hydrogen-bond donors (Lipinski definition) is 1. The zero-order chi connectivity index (χ0) is 12.4. The molecular formula is C13H11N3OS. The van der Waals surface area contributed by atoms with E-state index in [9.17, 15) is 5.11 Å². The van der Waals surface area contributed by atoms with Gasteiger partial charge in [-0.15, -0.1) is 5.10 Å². The summed E-state index contributed by atoms with van der Waals surface area (Å²) in [7, 11) is 0. The van der Waals surface area contributed by atoms with Crippen LogP contribution in [0.2, 0.25) is 0 Å². The van der Waals surface area contributed by atoms with Crippen molar-refractivity contribution < 1.29 is 5.11 Å². The molecule has 0 saturated heterocycles. The molecule has 0 aliphatic heterocycles. The number of aromatic hydroxyl groups is 1. The van der Waals surface area contributed by atoms with Crippen LogP contribution in [0, 0.1) is 0 Å². The van der Waals surface area contributed by atoms with E-state index in [0.29, 0.717) is 6.54 Å². The quantitative estimate of drug-likeness (QED) is 0.785. The largest absolute Gasteiger partial charge is 0.508 e. The summed E-state index contributed by atoms with van der Waals surface area (Å²) in [5.74, 6) is 0.282. The molecule has 0 bridgehead atoms. The van der Waals surface area contributed by atoms with Gasteiger partial charge in [0.05, 0.1) is 12.7 Å². The van der Waals surface area contributed by atoms with Crippen molar-refractivity contribution in [1.82, 2.24) is 15.0 Å². The van der Waals surface area contributed by atoms with Crippen LogP contribution >= 0.6 is 11.3 Å². The van der Waals surface area contributed by atoms with Gasteiger partial charge in [0, 0.05) is 16.5 Å². The number of phenolic OH excluding ortho intramolecular Hbond substituents is 1. The average molecular weight is 257 g/mol. The minimum absolute atomic E-state index is 0.282. The lowest BCUT2D eigenvalue weighted by Gasteiger charge is -2.02. The zero-order valence-electron chi connectivity index (χ0n) is 9.52. The van der Waals surface area contributed by atoms with Crippen molar-refractivity contribution in [2.75, 3.05) is 0 Å². The van der Waals surface area contributed by atoms with E-state index in [1.807, 2.05) is 35.2 Å². The molecule has 3 aromatic rings. The van der Waals surface area contributed by atoms with Gasteiger partial charge in [-0.25, -0.2) is 4.68 Å². The Morgan fingerprint density at radius 2 is 2.11 bits per heavy atom. The van der Waals surface area contributed by atoms with Gasteiger partial charge in [-0.3, -0.25) is 0 Å². The Morgan fingerprint density at radius 1 is 1.22 bits per heavy atom. The van der Waals surface area contributed by atoms with Crippen LogP contribution in [-0.4, -0.2) is 20.1 Å². The molecule has 0 unspecified atom stereocenters. The molecule has 18 heavy (non-hydrogen) atoms. The van der Waals surface area contributed by atoms with E-state index in [1.165, 1.54) is 0 Å². The molecule has 1 N–H and O–H groups in total. The summed E-state index contributed by atoms with van der Waals surface area (Å²) in [6.07, 6.45) is 1.88. The number of hydrogen-bond acceptors (Lipinski definition) is 4. The topological polar surface area (TPSA) is 50.9 Å². The number of benzene rings is 1. The Balaban J connectivity index is 1.85. The van der Waals surface area contributed by atoms with Crippen LogP contribution < -0.4 is 0 Å². The first-order chi connectivity index (χ1) is 8.83. The standard InChI is InChI=1S/C13H11N3OS/c17-13-4-2-1-3-10(13)7-16-8-12(14-15-16)11-5-6-18-9-11/h1-6,8-9,17H,7H2. The van der Waals surface area contributed by atoms with E-state index >= 15 is 0 Å². The third kappa shape index (κ3) is 2.12. The van der Waals surface area contributed by atoms with Gasteiger partial charge < -0.3 is 5.11 Å². The maximum absolute atomic E-state index is 9.70. The molecule has 3 rings (SSSR count). The molecule has 1 aromatic carbocycles. The predicted octanol–water partition coefficient (Wildman–Crippen LogP) is 2.76. The Labute approximate surface area is 108 Å². The number of aromatic nitrogens is 3. The Kier molecular flexibility index (Phi) is 2.82. The van der Waals surface area contributed by atoms with Crippen LogP contribution in [0.25, 0.3) is 11.3 Å². The molecule has 2 aromatic heterocycles. The van der Waals surface area contributed by atoms with E-state index in [-0.39, 0.29) is 5.75 Å². The van der Waals surface area contributed by atoms with Crippen molar-refractivity contribution in [1.29, 1.82) is 0 Å². The maximum Gasteiger partial charge on any atom is 0.120 e. The first-order valence-electron chi connectivity index (χ1n) is 5.52. The molecule has 5 heteroatoms. The molecular weight excluding hydrogens is 246 g/mol. The fraction of sp³-hybridized carbons (Fsp3) is 0.0769. The molecule has 0 aliphatic carbocycles. The van der Waals surface area contributed by atoms with Crippen LogP contribution in [0.5, 0.6) is 5.75 Å². The van der Waals surface area contributed by atoms with Crippen molar-refractivity contribution in [2.45, 2.75) is 6.54 Å². The van der Waals surface area contributed by atoms with E-state index in [4.69, 9.17) is 0 Å². The van der Waals surface area contributed by atoms with Gasteiger partial charge in [0.15, 0.2) is 0 Å². The van der Waals surface area contributed by atoms with Gasteiger partial charge in [0.25, 0.3) is 0 Å². The van der Waals surface area contributed by atoms with E-state index < -0.39 is 0 Å². The third-order valence-electron chi connectivity index (χ3n) is 2.68. The molecule has 0 radical (unpaired) electrons. The summed E-state index contributed by atoms with van der Waals surface area (Å²) in [5.41, 5.74) is 2.76. The SMILES string of the molecule is Oc1ccccc1Cn1cc(-c2ccsc2)nn1. The highest BCUT2D eigenvalue weighted by molar-refractivity contribution is 7.08. The van der Waals surface area contributed by atoms with Gasteiger partial charge in [-0.05, 0) is 17.5 Å². The number of rotatable bonds is 3. The highest BCUT2D eigenvalue weighted by atomic mass is 32.1. The van der Waals surface area contributed by atoms with Crippen LogP contribution in [0.3, 0.4) is 0 Å². The monoisotopic (exact) mass is 257 g/mol. The second kappa shape index (κ2) is 4.62. The van der Waals surface area contributed by atoms with Gasteiger partial charge in [0.1, 0.15) is 11.4 Å². The Hall–Kier alpha value is -2.14. The van der Waals surface area contributed by atoms with Crippen LogP contribution in [0.1, 0.15) is 5.56 Å². The van der Waals surface area contributed by atoms with Crippen molar-refractivity contribution in [3.05, 3.63) is 52.9 Å². The van der Waals surface area contributed by atoms with E-state index in [2.05, 4.69) is 10.3 Å². The summed E-state index contributed by atoms with van der Waals surface area (Å²) in [6.45, 7) is 0.518. The fourth-order valence-corrected chi connectivity index (χ4v) is 2.39. The minimum atomic E-state index is 0.282. The molecule has 4 nitrogen and oxygen atoms in total. The van der Waals surface area contributed by atoms with Gasteiger partial charge >= 0.3 is 0 Å². The summed E-state index contributed by atoms with van der Waals surface area (Å²) in [4.78, 5) is 0. The fourth-order valence-electron chi connectivity index (χ4n) is 1.74. The summed E-state index contributed by atoms with van der Waals surface area (Å²) in [5, 5.41) is 21.9. The maximum atomic E-state index is 9.70. The number of phenols is 1. The normalized spacial score (nSPS) is 10.7. The molecule has 2 heterocycles. The summed E-state index contributed by atoms with van der Waals surface area (Å²) < 4.78 is 1.72. The highest BCUT2D eigenvalue weighted by Crippen LogP contribution is 2.20. The van der Waals surface area contributed by atoms with Crippen molar-refractivity contribution in [2.24, 2.45) is 0 Å². The van der Waals surface area contributed by atoms with E-state index in [1.54, 1.807) is 28.2 Å². The first kappa shape index (κ1) is 11.0. The predicted molar refractivity (Wildman–Crippen MR) is 70.5 cm³/mol. The lowest BCUT2D eigenvalue weighted by Crippen LogP contribution is -2.00. The second-order valence-electron chi connectivity index (χ2n) is 3.94. The molecule has 0 fully saturated rings. The van der Waals surface area contributed by atoms with Crippen LogP contribution in [0.4, 0.5) is 0 Å². The molecule has 0 amide bonds. The third-order valence-corrected chi connectivity index (χ3v) is 3.36. The Morgan fingerprint density at radius 3 is 2.89 bits per heavy atom. The number of thiophene rings is 1. The van der Waals surface area contributed by atoms with Crippen molar-refractivity contribution in [3.8, 4) is 17.0 Å². The zero-order valence-corrected chi connectivity index (χ0v) is 10.3. The second-order valence-corrected chi connectivity index (χ2v) is 4.72. The minimum Gasteiger partial charge on any atom is -0.508 e. The van der Waals surface area contributed by atoms with Crippen LogP contribution in [0.15, 0.2) is 47.3 Å². The summed E-state index contributed by atoms with van der Waals surface area (Å²) in [6, 6.07) is 9.26. The van der Waals surface area contributed by atoms with E-state index in [0.717, 1.165) is 16.8 Å². The Bertz CT molecular complexity index is 646.